The molecule has 120 valence electrons. The van der Waals surface area contributed by atoms with E-state index in [0.29, 0.717) is 17.1 Å². The van der Waals surface area contributed by atoms with Crippen molar-refractivity contribution < 1.29 is 4.79 Å². The minimum absolute atomic E-state index is 0. The smallest absolute Gasteiger partial charge is 0.223 e. The van der Waals surface area contributed by atoms with Crippen molar-refractivity contribution in [2.75, 3.05) is 18.4 Å². The Morgan fingerprint density at radius 3 is 2.90 bits per heavy atom. The van der Waals surface area contributed by atoms with E-state index < -0.39 is 0 Å². The van der Waals surface area contributed by atoms with Gasteiger partial charge in [0.25, 0.3) is 0 Å². The highest BCUT2D eigenvalue weighted by molar-refractivity contribution is 7.13. The molecule has 3 rings (SSSR count). The van der Waals surface area contributed by atoms with Crippen LogP contribution in [0.1, 0.15) is 25.5 Å². The third kappa shape index (κ3) is 4.29. The lowest BCUT2D eigenvalue weighted by atomic mass is 9.98. The molecule has 1 saturated carbocycles. The summed E-state index contributed by atoms with van der Waals surface area (Å²) in [4.78, 5) is 17.9. The number of hydrogen-bond acceptors (Lipinski definition) is 5. The maximum Gasteiger partial charge on any atom is 0.223 e. The van der Waals surface area contributed by atoms with Crippen LogP contribution in [0.15, 0.2) is 5.38 Å². The van der Waals surface area contributed by atoms with E-state index in [9.17, 15) is 4.79 Å². The van der Waals surface area contributed by atoms with Gasteiger partial charge in [0.2, 0.25) is 5.91 Å². The molecule has 1 aromatic rings. The highest BCUT2D eigenvalue weighted by Gasteiger charge is 2.40. The van der Waals surface area contributed by atoms with Crippen molar-refractivity contribution in [2.24, 2.45) is 17.6 Å². The second kappa shape index (κ2) is 7.74. The molecular formula is C13H22Cl2N4OS. The van der Waals surface area contributed by atoms with E-state index in [4.69, 9.17) is 5.73 Å². The SMILES string of the molecule is CC(=O)Nc1nc(CN2CC3CCC(N)C3C2)cs1.Cl.Cl. The van der Waals surface area contributed by atoms with Gasteiger partial charge in [0, 0.05) is 38.0 Å². The Kier molecular flexibility index (Phi) is 6.87. The number of likely N-dealkylation sites (tertiary alicyclic amines) is 1. The zero-order chi connectivity index (χ0) is 13.4. The Hall–Kier alpha value is -0.400. The summed E-state index contributed by atoms with van der Waals surface area (Å²) in [7, 11) is 0. The predicted molar refractivity (Wildman–Crippen MR) is 90.4 cm³/mol. The lowest BCUT2D eigenvalue weighted by Gasteiger charge is -2.16. The van der Waals surface area contributed by atoms with Crippen LogP contribution in [0, 0.1) is 11.8 Å². The number of anilines is 1. The van der Waals surface area contributed by atoms with E-state index >= 15 is 0 Å². The Morgan fingerprint density at radius 1 is 1.48 bits per heavy atom. The van der Waals surface area contributed by atoms with E-state index in [1.165, 1.54) is 31.1 Å². The summed E-state index contributed by atoms with van der Waals surface area (Å²) in [6.07, 6.45) is 2.46. The molecule has 0 radical (unpaired) electrons. The van der Waals surface area contributed by atoms with Crippen LogP contribution in [-0.4, -0.2) is 34.9 Å². The van der Waals surface area contributed by atoms with E-state index in [-0.39, 0.29) is 30.7 Å². The van der Waals surface area contributed by atoms with Gasteiger partial charge in [0.1, 0.15) is 0 Å². The van der Waals surface area contributed by atoms with Crippen molar-refractivity contribution in [3.8, 4) is 0 Å². The third-order valence-corrected chi connectivity index (χ3v) is 5.01. The van der Waals surface area contributed by atoms with Gasteiger partial charge in [-0.05, 0) is 24.7 Å². The van der Waals surface area contributed by atoms with Gasteiger partial charge in [-0.25, -0.2) is 4.98 Å². The molecule has 1 saturated heterocycles. The first-order valence-electron chi connectivity index (χ1n) is 6.82. The summed E-state index contributed by atoms with van der Waals surface area (Å²) in [5.74, 6) is 1.39. The molecule has 2 aliphatic rings. The quantitative estimate of drug-likeness (QED) is 0.873. The molecule has 0 spiro atoms. The van der Waals surface area contributed by atoms with Crippen LogP contribution in [0.5, 0.6) is 0 Å². The normalized spacial score (nSPS) is 27.6. The van der Waals surface area contributed by atoms with Crippen LogP contribution in [0.4, 0.5) is 5.13 Å². The van der Waals surface area contributed by atoms with Crippen LogP contribution in [-0.2, 0) is 11.3 Å². The highest BCUT2D eigenvalue weighted by Crippen LogP contribution is 2.37. The minimum atomic E-state index is -0.0671. The highest BCUT2D eigenvalue weighted by atomic mass is 35.5. The molecule has 2 heterocycles. The molecule has 1 amide bonds. The fourth-order valence-electron chi connectivity index (χ4n) is 3.35. The Morgan fingerprint density at radius 2 is 2.24 bits per heavy atom. The summed E-state index contributed by atoms with van der Waals surface area (Å²) in [6.45, 7) is 4.62. The summed E-state index contributed by atoms with van der Waals surface area (Å²) >= 11 is 1.49. The van der Waals surface area contributed by atoms with E-state index in [2.05, 4.69) is 15.2 Å². The zero-order valence-corrected chi connectivity index (χ0v) is 14.4. The summed E-state index contributed by atoms with van der Waals surface area (Å²) < 4.78 is 0. The number of hydrogen-bond donors (Lipinski definition) is 2. The molecule has 5 nitrogen and oxygen atoms in total. The number of nitrogens with one attached hydrogen (secondary N) is 1. The molecule has 2 fully saturated rings. The number of thiazole rings is 1. The maximum atomic E-state index is 11.0. The Labute approximate surface area is 141 Å². The van der Waals surface area contributed by atoms with Crippen LogP contribution < -0.4 is 11.1 Å². The number of rotatable bonds is 3. The van der Waals surface area contributed by atoms with Crippen molar-refractivity contribution in [1.29, 1.82) is 0 Å². The first-order valence-corrected chi connectivity index (χ1v) is 7.69. The Balaban J connectivity index is 0.00000110. The molecule has 3 atom stereocenters. The predicted octanol–water partition coefficient (Wildman–Crippen LogP) is 2.11. The number of fused-ring (bicyclic) bond motifs is 1. The van der Waals surface area contributed by atoms with Crippen LogP contribution in [0.25, 0.3) is 0 Å². The molecule has 0 aromatic carbocycles. The number of aromatic nitrogens is 1. The summed E-state index contributed by atoms with van der Waals surface area (Å²) in [5, 5.41) is 5.45. The van der Waals surface area contributed by atoms with Gasteiger partial charge >= 0.3 is 0 Å². The standard InChI is InChI=1S/C13H20N4OS.2ClH/c1-8(18)15-13-16-10(7-19-13)5-17-4-9-2-3-12(14)11(9)6-17;;/h7,9,11-12H,2-6,14H2,1H3,(H,15,16,18);2*1H. The molecule has 8 heteroatoms. The first-order chi connectivity index (χ1) is 9.11. The van der Waals surface area contributed by atoms with Gasteiger partial charge in [-0.15, -0.1) is 36.2 Å². The van der Waals surface area contributed by atoms with Crippen molar-refractivity contribution in [3.63, 3.8) is 0 Å². The van der Waals surface area contributed by atoms with E-state index in [0.717, 1.165) is 31.2 Å². The van der Waals surface area contributed by atoms with E-state index in [1.807, 2.05) is 5.38 Å². The summed E-state index contributed by atoms with van der Waals surface area (Å²) in [6, 6.07) is 0.389. The number of carbonyl (C=O) groups is 1. The first kappa shape index (κ1) is 18.6. The van der Waals surface area contributed by atoms with Gasteiger partial charge in [0.15, 0.2) is 5.13 Å². The molecule has 1 aliphatic carbocycles. The largest absolute Gasteiger partial charge is 0.327 e. The van der Waals surface area contributed by atoms with Gasteiger partial charge in [0.05, 0.1) is 5.69 Å². The number of halogens is 2. The molecule has 3 N–H and O–H groups in total. The number of nitrogens with two attached hydrogens (primary N) is 1. The molecule has 3 unspecified atom stereocenters. The van der Waals surface area contributed by atoms with Gasteiger partial charge in [-0.1, -0.05) is 0 Å². The summed E-state index contributed by atoms with van der Waals surface area (Å²) in [5.41, 5.74) is 7.19. The fourth-order valence-corrected chi connectivity index (χ4v) is 4.09. The fraction of sp³-hybridized carbons (Fsp3) is 0.692. The number of nitrogens with zero attached hydrogens (tertiary/aromatic N) is 2. The van der Waals surface area contributed by atoms with Crippen molar-refractivity contribution in [2.45, 2.75) is 32.4 Å². The minimum Gasteiger partial charge on any atom is -0.327 e. The maximum absolute atomic E-state index is 11.0. The van der Waals surface area contributed by atoms with E-state index in [1.54, 1.807) is 0 Å². The van der Waals surface area contributed by atoms with Crippen LogP contribution in [0.2, 0.25) is 0 Å². The van der Waals surface area contributed by atoms with Gasteiger partial charge in [-0.2, -0.15) is 0 Å². The van der Waals surface area contributed by atoms with Crippen molar-refractivity contribution in [3.05, 3.63) is 11.1 Å². The zero-order valence-electron chi connectivity index (χ0n) is 11.9. The lowest BCUT2D eigenvalue weighted by molar-refractivity contribution is -0.114. The average molecular weight is 353 g/mol. The number of amides is 1. The van der Waals surface area contributed by atoms with Gasteiger partial charge < -0.3 is 11.1 Å². The Bertz CT molecular complexity index is 484. The molecule has 1 aromatic heterocycles. The molecule has 0 bridgehead atoms. The van der Waals surface area contributed by atoms with Gasteiger partial charge in [-0.3, -0.25) is 9.69 Å². The van der Waals surface area contributed by atoms with Crippen molar-refractivity contribution in [1.82, 2.24) is 9.88 Å². The van der Waals surface area contributed by atoms with Crippen LogP contribution >= 0.6 is 36.2 Å². The molecule has 1 aliphatic heterocycles. The number of carbonyl (C=O) groups excluding carboxylic acids is 1. The second-order valence-electron chi connectivity index (χ2n) is 5.68. The average Bonchev–Trinajstić information content (AvgIpc) is 2.99. The lowest BCUT2D eigenvalue weighted by Crippen LogP contribution is -2.30. The van der Waals surface area contributed by atoms with Crippen LogP contribution in [0.3, 0.4) is 0 Å². The van der Waals surface area contributed by atoms with Crippen molar-refractivity contribution >= 4 is 47.2 Å². The topological polar surface area (TPSA) is 71.2 Å². The molecular weight excluding hydrogens is 331 g/mol. The third-order valence-electron chi connectivity index (χ3n) is 4.21. The monoisotopic (exact) mass is 352 g/mol. The second-order valence-corrected chi connectivity index (χ2v) is 6.54. The molecule has 21 heavy (non-hydrogen) atoms.